The van der Waals surface area contributed by atoms with Gasteiger partial charge in [-0.1, -0.05) is 12.1 Å². The molecule has 8 heteroatoms. The lowest BCUT2D eigenvalue weighted by molar-refractivity contribution is -0.117. The maximum atomic E-state index is 12.7. The van der Waals surface area contributed by atoms with E-state index in [-0.39, 0.29) is 18.5 Å². The molecule has 0 spiro atoms. The van der Waals surface area contributed by atoms with E-state index < -0.39 is 15.6 Å². The van der Waals surface area contributed by atoms with E-state index in [2.05, 4.69) is 9.35 Å². The number of anilines is 1. The van der Waals surface area contributed by atoms with Gasteiger partial charge < -0.3 is 5.73 Å². The van der Waals surface area contributed by atoms with Crippen LogP contribution in [0.1, 0.15) is 12.0 Å². The lowest BCUT2D eigenvalue weighted by atomic mass is 10.1. The number of nitrogens with zero attached hydrogens (tertiary/aromatic N) is 3. The highest BCUT2D eigenvalue weighted by atomic mass is 32.2. The van der Waals surface area contributed by atoms with Crippen LogP contribution >= 0.6 is 0 Å². The molecule has 3 rings (SSSR count). The highest BCUT2D eigenvalue weighted by molar-refractivity contribution is 7.93. The fourth-order valence-corrected chi connectivity index (χ4v) is 3.95. The summed E-state index contributed by atoms with van der Waals surface area (Å²) >= 11 is 0. The van der Waals surface area contributed by atoms with Gasteiger partial charge in [0.25, 0.3) is 11.5 Å². The SMILES string of the molecule is Cc1cccc2c(=O)n(CCC(=O)N=S(C)(=O)c3ccc(N)cc3)cnc12. The van der Waals surface area contributed by atoms with Crippen molar-refractivity contribution in [3.63, 3.8) is 0 Å². The zero-order chi connectivity index (χ0) is 19.6. The summed E-state index contributed by atoms with van der Waals surface area (Å²) in [5.74, 6) is -0.532. The predicted octanol–water partition coefficient (Wildman–Crippen LogP) is 2.36. The Hall–Kier alpha value is -3.00. The fourth-order valence-electron chi connectivity index (χ4n) is 2.73. The van der Waals surface area contributed by atoms with Crippen LogP contribution in [0, 0.1) is 6.92 Å². The second kappa shape index (κ2) is 7.32. The quantitative estimate of drug-likeness (QED) is 0.695. The molecule has 27 heavy (non-hydrogen) atoms. The number of amides is 1. The van der Waals surface area contributed by atoms with Gasteiger partial charge in [0.1, 0.15) is 0 Å². The summed E-state index contributed by atoms with van der Waals surface area (Å²) in [5, 5.41) is 0.503. The van der Waals surface area contributed by atoms with Crippen LogP contribution in [0.5, 0.6) is 0 Å². The van der Waals surface area contributed by atoms with E-state index in [9.17, 15) is 13.8 Å². The first-order valence-electron chi connectivity index (χ1n) is 8.33. The van der Waals surface area contributed by atoms with E-state index in [0.717, 1.165) is 5.56 Å². The number of benzene rings is 2. The van der Waals surface area contributed by atoms with Gasteiger partial charge in [-0.15, -0.1) is 0 Å². The number of hydrogen-bond acceptors (Lipinski definition) is 5. The average Bonchev–Trinajstić information content (AvgIpc) is 2.62. The molecule has 1 amide bonds. The minimum absolute atomic E-state index is 0.0429. The third-order valence-corrected chi connectivity index (χ3v) is 5.91. The molecule has 0 saturated carbocycles. The van der Waals surface area contributed by atoms with Crippen molar-refractivity contribution in [3.05, 3.63) is 64.7 Å². The standard InChI is InChI=1S/C19H20N4O3S/c1-13-4-3-5-16-18(13)21-12-23(19(16)25)11-10-17(24)22-27(2,26)15-8-6-14(20)7-9-15/h3-9,12H,10-11,20H2,1-2H3. The Bertz CT molecular complexity index is 1190. The molecule has 0 aliphatic carbocycles. The van der Waals surface area contributed by atoms with Gasteiger partial charge in [-0.05, 0) is 42.8 Å². The molecule has 0 bridgehead atoms. The maximum Gasteiger partial charge on any atom is 0.261 e. The van der Waals surface area contributed by atoms with Crippen molar-refractivity contribution < 1.29 is 9.00 Å². The fraction of sp³-hybridized carbons (Fsp3) is 0.211. The zero-order valence-electron chi connectivity index (χ0n) is 15.1. The van der Waals surface area contributed by atoms with Gasteiger partial charge in [0.15, 0.2) is 0 Å². The smallest absolute Gasteiger partial charge is 0.261 e. The van der Waals surface area contributed by atoms with Crippen LogP contribution in [-0.2, 0) is 21.1 Å². The van der Waals surface area contributed by atoms with Crippen molar-refractivity contribution >= 4 is 32.2 Å². The first kappa shape index (κ1) is 18.8. The van der Waals surface area contributed by atoms with Crippen LogP contribution in [0.4, 0.5) is 5.69 Å². The molecule has 2 N–H and O–H groups in total. The first-order valence-corrected chi connectivity index (χ1v) is 10.3. The van der Waals surface area contributed by atoms with Crippen LogP contribution in [0.15, 0.2) is 62.8 Å². The topological polar surface area (TPSA) is 107 Å². The number of hydrogen-bond donors (Lipinski definition) is 1. The van der Waals surface area contributed by atoms with Crippen LogP contribution in [0.25, 0.3) is 10.9 Å². The number of rotatable bonds is 4. The zero-order valence-corrected chi connectivity index (χ0v) is 15.9. The number of aryl methyl sites for hydroxylation is 2. The summed E-state index contributed by atoms with van der Waals surface area (Å²) in [4.78, 5) is 29.5. The van der Waals surface area contributed by atoms with Crippen molar-refractivity contribution in [1.82, 2.24) is 9.55 Å². The molecule has 0 fully saturated rings. The highest BCUT2D eigenvalue weighted by Crippen LogP contribution is 2.15. The van der Waals surface area contributed by atoms with Gasteiger partial charge in [-0.3, -0.25) is 14.2 Å². The summed E-state index contributed by atoms with van der Waals surface area (Å²) in [6.07, 6.45) is 2.79. The Balaban J connectivity index is 1.81. The van der Waals surface area contributed by atoms with Gasteiger partial charge in [-0.25, -0.2) is 9.19 Å². The van der Waals surface area contributed by atoms with Gasteiger partial charge in [0, 0.05) is 29.8 Å². The largest absolute Gasteiger partial charge is 0.399 e. The van der Waals surface area contributed by atoms with Gasteiger partial charge >= 0.3 is 0 Å². The highest BCUT2D eigenvalue weighted by Gasteiger charge is 2.11. The Morgan fingerprint density at radius 3 is 2.63 bits per heavy atom. The van der Waals surface area contributed by atoms with Crippen LogP contribution in [-0.4, -0.2) is 25.9 Å². The van der Waals surface area contributed by atoms with Crippen LogP contribution in [0.2, 0.25) is 0 Å². The normalized spacial score (nSPS) is 13.3. The van der Waals surface area contributed by atoms with Crippen molar-refractivity contribution in [3.8, 4) is 0 Å². The molecule has 140 valence electrons. The molecule has 1 unspecified atom stereocenters. The van der Waals surface area contributed by atoms with E-state index in [1.165, 1.54) is 17.2 Å². The van der Waals surface area contributed by atoms with Crippen LogP contribution < -0.4 is 11.3 Å². The van der Waals surface area contributed by atoms with Crippen LogP contribution in [0.3, 0.4) is 0 Å². The number of fused-ring (bicyclic) bond motifs is 1. The third kappa shape index (κ3) is 4.06. The second-order valence-corrected chi connectivity index (χ2v) is 8.58. The third-order valence-electron chi connectivity index (χ3n) is 4.22. The number of carbonyl (C=O) groups is 1. The van der Waals surface area contributed by atoms with E-state index in [4.69, 9.17) is 5.73 Å². The molecular formula is C19H20N4O3S. The number of para-hydroxylation sites is 1. The lowest BCUT2D eigenvalue weighted by Gasteiger charge is -2.07. The summed E-state index contributed by atoms with van der Waals surface area (Å²) < 4.78 is 17.9. The molecule has 1 heterocycles. The molecule has 7 nitrogen and oxygen atoms in total. The average molecular weight is 384 g/mol. The number of nitrogens with two attached hydrogens (primary N) is 1. The number of nitrogen functional groups attached to an aromatic ring is 1. The number of carbonyl (C=O) groups excluding carboxylic acids is 1. The summed E-state index contributed by atoms with van der Waals surface area (Å²) in [5.41, 5.74) is 7.50. The van der Waals surface area contributed by atoms with Gasteiger partial charge in [-0.2, -0.15) is 4.36 Å². The maximum absolute atomic E-state index is 12.7. The van der Waals surface area contributed by atoms with Crippen molar-refractivity contribution in [2.75, 3.05) is 12.0 Å². The summed E-state index contributed by atoms with van der Waals surface area (Å²) in [6.45, 7) is 2.01. The van der Waals surface area contributed by atoms with Gasteiger partial charge in [0.05, 0.1) is 27.0 Å². The summed E-state index contributed by atoms with van der Waals surface area (Å²) in [6, 6.07) is 11.8. The Kier molecular flexibility index (Phi) is 5.09. The minimum Gasteiger partial charge on any atom is -0.399 e. The predicted molar refractivity (Wildman–Crippen MR) is 106 cm³/mol. The van der Waals surface area contributed by atoms with Gasteiger partial charge in [0.2, 0.25) is 0 Å². The monoisotopic (exact) mass is 384 g/mol. The molecule has 1 aromatic heterocycles. The van der Waals surface area contributed by atoms with Crippen molar-refractivity contribution in [2.24, 2.45) is 4.36 Å². The minimum atomic E-state index is -2.86. The number of aromatic nitrogens is 2. The Morgan fingerprint density at radius 1 is 1.22 bits per heavy atom. The summed E-state index contributed by atoms with van der Waals surface area (Å²) in [7, 11) is -2.86. The molecule has 1 atom stereocenters. The Morgan fingerprint density at radius 2 is 1.93 bits per heavy atom. The molecule has 0 aliphatic rings. The second-order valence-electron chi connectivity index (χ2n) is 6.32. The molecule has 2 aromatic carbocycles. The van der Waals surface area contributed by atoms with E-state index in [1.807, 2.05) is 13.0 Å². The molecule has 3 aromatic rings. The lowest BCUT2D eigenvalue weighted by Crippen LogP contribution is -2.22. The first-order chi connectivity index (χ1) is 12.8. The molecule has 0 saturated heterocycles. The van der Waals surface area contributed by atoms with E-state index >= 15 is 0 Å². The Labute approximate surface area is 157 Å². The van der Waals surface area contributed by atoms with E-state index in [1.54, 1.807) is 36.4 Å². The molecule has 0 aliphatic heterocycles. The molecular weight excluding hydrogens is 364 g/mol. The van der Waals surface area contributed by atoms with Crippen molar-refractivity contribution in [1.29, 1.82) is 0 Å². The van der Waals surface area contributed by atoms with Crippen molar-refractivity contribution in [2.45, 2.75) is 24.8 Å². The van der Waals surface area contributed by atoms with E-state index in [0.29, 0.717) is 21.5 Å². The molecule has 0 radical (unpaired) electrons.